The molecule has 1 aromatic rings. The van der Waals surface area contributed by atoms with Gasteiger partial charge >= 0.3 is 0 Å². The van der Waals surface area contributed by atoms with Crippen molar-refractivity contribution in [2.45, 2.75) is 56.3 Å². The van der Waals surface area contributed by atoms with Crippen LogP contribution in [0.2, 0.25) is 0 Å². The number of amides is 1. The Labute approximate surface area is 159 Å². The van der Waals surface area contributed by atoms with Gasteiger partial charge in [-0.1, -0.05) is 25.7 Å². The van der Waals surface area contributed by atoms with Crippen LogP contribution in [0.4, 0.5) is 5.69 Å². The molecule has 148 valence electrons. The molecule has 0 aromatic heterocycles. The van der Waals surface area contributed by atoms with Crippen LogP contribution in [-0.2, 0) is 14.8 Å². The van der Waals surface area contributed by atoms with Crippen molar-refractivity contribution in [3.63, 3.8) is 0 Å². The second kappa shape index (κ2) is 7.96. The number of non-ortho nitro benzene ring substituents is 1. The van der Waals surface area contributed by atoms with Gasteiger partial charge < -0.3 is 0 Å². The average Bonchev–Trinajstić information content (AvgIpc) is 2.65. The monoisotopic (exact) mass is 394 g/mol. The van der Waals surface area contributed by atoms with Gasteiger partial charge in [-0.05, 0) is 49.7 Å². The summed E-state index contributed by atoms with van der Waals surface area (Å²) in [6.45, 7) is 0. The van der Waals surface area contributed by atoms with E-state index in [1.807, 2.05) is 0 Å². The molecule has 1 amide bonds. The first-order chi connectivity index (χ1) is 12.8. The Bertz CT molecular complexity index is 806. The fourth-order valence-electron chi connectivity index (χ4n) is 4.53. The summed E-state index contributed by atoms with van der Waals surface area (Å²) in [4.78, 5) is 23.1. The zero-order valence-corrected chi connectivity index (χ0v) is 16.4. The molecule has 0 saturated heterocycles. The van der Waals surface area contributed by atoms with Crippen LogP contribution in [0, 0.1) is 27.9 Å². The largest absolute Gasteiger partial charge is 0.273 e. The van der Waals surface area contributed by atoms with Gasteiger partial charge in [-0.3, -0.25) is 14.9 Å². The van der Waals surface area contributed by atoms with Crippen LogP contribution in [0.5, 0.6) is 0 Å². The van der Waals surface area contributed by atoms with E-state index in [2.05, 4.69) is 0 Å². The molecule has 3 atom stereocenters. The molecule has 0 N–H and O–H groups in total. The highest BCUT2D eigenvalue weighted by molar-refractivity contribution is 7.89. The van der Waals surface area contributed by atoms with E-state index in [0.717, 1.165) is 48.5 Å². The van der Waals surface area contributed by atoms with Crippen molar-refractivity contribution in [1.82, 2.24) is 4.31 Å². The number of carbonyl (C=O) groups excluding carboxylic acids is 1. The van der Waals surface area contributed by atoms with Gasteiger partial charge in [-0.25, -0.2) is 12.7 Å². The third kappa shape index (κ3) is 4.15. The van der Waals surface area contributed by atoms with Crippen molar-refractivity contribution in [2.24, 2.45) is 17.8 Å². The second-order valence-corrected chi connectivity index (χ2v) is 9.71. The number of nitro groups is 1. The highest BCUT2D eigenvalue weighted by atomic mass is 32.2. The molecule has 1 aromatic carbocycles. The van der Waals surface area contributed by atoms with E-state index >= 15 is 0 Å². The Morgan fingerprint density at radius 2 is 1.74 bits per heavy atom. The van der Waals surface area contributed by atoms with Crippen molar-refractivity contribution in [1.29, 1.82) is 0 Å². The van der Waals surface area contributed by atoms with E-state index < -0.39 is 14.9 Å². The maximum absolute atomic E-state index is 13.0. The van der Waals surface area contributed by atoms with E-state index in [1.54, 1.807) is 0 Å². The van der Waals surface area contributed by atoms with Crippen molar-refractivity contribution < 1.29 is 18.1 Å². The molecule has 0 spiro atoms. The summed E-state index contributed by atoms with van der Waals surface area (Å²) < 4.78 is 26.5. The molecule has 0 aliphatic heterocycles. The van der Waals surface area contributed by atoms with Crippen molar-refractivity contribution in [2.75, 3.05) is 7.05 Å². The molecule has 2 bridgehead atoms. The van der Waals surface area contributed by atoms with Gasteiger partial charge in [0.15, 0.2) is 0 Å². The predicted octanol–water partition coefficient (Wildman–Crippen LogP) is 3.74. The molecule has 2 saturated carbocycles. The quantitative estimate of drug-likeness (QED) is 0.572. The summed E-state index contributed by atoms with van der Waals surface area (Å²) in [5.74, 6) is 0.316. The molecule has 27 heavy (non-hydrogen) atoms. The first-order valence-electron chi connectivity index (χ1n) is 9.58. The Hall–Kier alpha value is -1.96. The standard InChI is InChI=1S/C19H26N2O5S/c1-20(27(25,26)17-10-8-16(9-11-17)21(23)24)19(22)18-12-7-14-5-3-2-4-6-15(18)13-14/h8-11,14-15,18H,2-7,12-13H2,1H3. The van der Waals surface area contributed by atoms with Gasteiger partial charge in [0.25, 0.3) is 15.7 Å². The molecule has 0 heterocycles. The first kappa shape index (κ1) is 19.8. The zero-order chi connectivity index (χ0) is 19.6. The molecular weight excluding hydrogens is 368 g/mol. The highest BCUT2D eigenvalue weighted by Gasteiger charge is 2.39. The smallest absolute Gasteiger partial charge is 0.269 e. The van der Waals surface area contributed by atoms with Crippen LogP contribution < -0.4 is 0 Å². The number of hydrogen-bond donors (Lipinski definition) is 0. The molecular formula is C19H26N2O5S. The summed E-state index contributed by atoms with van der Waals surface area (Å²) in [5.41, 5.74) is -0.184. The molecule has 3 rings (SSSR count). The number of benzene rings is 1. The lowest BCUT2D eigenvalue weighted by Crippen LogP contribution is -2.42. The number of carbonyl (C=O) groups is 1. The summed E-state index contributed by atoms with van der Waals surface area (Å²) in [6.07, 6.45) is 8.48. The highest BCUT2D eigenvalue weighted by Crippen LogP contribution is 2.42. The molecule has 2 fully saturated rings. The Balaban J connectivity index is 1.77. The minimum absolute atomic E-state index is 0.102. The van der Waals surface area contributed by atoms with Crippen LogP contribution in [0.3, 0.4) is 0 Å². The lowest BCUT2D eigenvalue weighted by Gasteiger charge is -2.38. The van der Waals surface area contributed by atoms with Gasteiger partial charge in [-0.2, -0.15) is 0 Å². The van der Waals surface area contributed by atoms with E-state index in [0.29, 0.717) is 5.92 Å². The number of fused-ring (bicyclic) bond motifs is 2. The van der Waals surface area contributed by atoms with Crippen LogP contribution in [0.1, 0.15) is 51.4 Å². The fourth-order valence-corrected chi connectivity index (χ4v) is 5.70. The van der Waals surface area contributed by atoms with Crippen molar-refractivity contribution in [3.05, 3.63) is 34.4 Å². The zero-order valence-electron chi connectivity index (χ0n) is 15.5. The van der Waals surface area contributed by atoms with Crippen LogP contribution in [0.15, 0.2) is 29.2 Å². The third-order valence-electron chi connectivity index (χ3n) is 6.11. The Morgan fingerprint density at radius 1 is 1.07 bits per heavy atom. The predicted molar refractivity (Wildman–Crippen MR) is 100 cm³/mol. The first-order valence-corrected chi connectivity index (χ1v) is 11.0. The van der Waals surface area contributed by atoms with Crippen molar-refractivity contribution >= 4 is 21.6 Å². The second-order valence-electron chi connectivity index (χ2n) is 7.75. The van der Waals surface area contributed by atoms with E-state index in [9.17, 15) is 23.3 Å². The summed E-state index contributed by atoms with van der Waals surface area (Å²) in [7, 11) is -2.71. The Morgan fingerprint density at radius 3 is 2.41 bits per heavy atom. The average molecular weight is 394 g/mol. The molecule has 2 aliphatic carbocycles. The molecule has 0 radical (unpaired) electrons. The number of nitro benzene ring substituents is 1. The summed E-state index contributed by atoms with van der Waals surface area (Å²) in [5, 5.41) is 10.8. The molecule has 7 nitrogen and oxygen atoms in total. The van der Waals surface area contributed by atoms with Gasteiger partial charge in [0.1, 0.15) is 0 Å². The summed E-state index contributed by atoms with van der Waals surface area (Å²) in [6, 6.07) is 4.66. The van der Waals surface area contributed by atoms with Gasteiger partial charge in [0, 0.05) is 25.1 Å². The fraction of sp³-hybridized carbons (Fsp3) is 0.632. The minimum atomic E-state index is -4.01. The van der Waals surface area contributed by atoms with Gasteiger partial charge in [0.05, 0.1) is 9.82 Å². The van der Waals surface area contributed by atoms with E-state index in [4.69, 9.17) is 0 Å². The molecule has 2 aliphatic rings. The normalized spacial score (nSPS) is 25.9. The van der Waals surface area contributed by atoms with Gasteiger partial charge in [0.2, 0.25) is 5.91 Å². The lowest BCUT2D eigenvalue weighted by atomic mass is 9.69. The minimum Gasteiger partial charge on any atom is -0.273 e. The van der Waals surface area contributed by atoms with Crippen LogP contribution >= 0.6 is 0 Å². The van der Waals surface area contributed by atoms with Crippen molar-refractivity contribution in [3.8, 4) is 0 Å². The van der Waals surface area contributed by atoms with Crippen LogP contribution in [-0.4, -0.2) is 30.6 Å². The maximum Gasteiger partial charge on any atom is 0.269 e. The topological polar surface area (TPSA) is 97.6 Å². The third-order valence-corrected chi connectivity index (χ3v) is 7.88. The SMILES string of the molecule is CN(C(=O)C1CCC2CCCCCC1C2)S(=O)(=O)c1ccc([N+](=O)[O-])cc1. The maximum atomic E-state index is 13.0. The Kier molecular flexibility index (Phi) is 5.83. The number of sulfonamides is 1. The van der Waals surface area contributed by atoms with Gasteiger partial charge in [-0.15, -0.1) is 0 Å². The van der Waals surface area contributed by atoms with Crippen LogP contribution in [0.25, 0.3) is 0 Å². The van der Waals surface area contributed by atoms with E-state index in [1.165, 1.54) is 38.4 Å². The number of hydrogen-bond acceptors (Lipinski definition) is 5. The van der Waals surface area contributed by atoms with E-state index in [-0.39, 0.29) is 28.3 Å². The lowest BCUT2D eigenvalue weighted by molar-refractivity contribution is -0.384. The number of rotatable bonds is 4. The molecule has 8 heteroatoms. The number of nitrogens with zero attached hydrogens (tertiary/aromatic N) is 2. The molecule has 3 unspecified atom stereocenters. The summed E-state index contributed by atoms with van der Waals surface area (Å²) >= 11 is 0.